The number of rotatable bonds is 6. The van der Waals surface area contributed by atoms with Crippen LogP contribution in [0.25, 0.3) is 0 Å². The Bertz CT molecular complexity index is 1620. The minimum atomic E-state index is -0.635. The van der Waals surface area contributed by atoms with E-state index in [0.29, 0.717) is 34.1 Å². The highest BCUT2D eigenvalue weighted by Gasteiger charge is 2.36. The summed E-state index contributed by atoms with van der Waals surface area (Å²) < 4.78 is 7.35. The molecule has 3 aromatic carbocycles. The lowest BCUT2D eigenvalue weighted by atomic mass is 9.93. The molecule has 2 heterocycles. The zero-order valence-corrected chi connectivity index (χ0v) is 22.6. The average Bonchev–Trinajstić information content (AvgIpc) is 3.33. The van der Waals surface area contributed by atoms with Crippen molar-refractivity contribution in [3.05, 3.63) is 112 Å². The first-order chi connectivity index (χ1) is 18.8. The number of ether oxygens (including phenoxy) is 1. The van der Waals surface area contributed by atoms with Gasteiger partial charge in [0.05, 0.1) is 18.9 Å². The van der Waals surface area contributed by atoms with E-state index < -0.39 is 6.04 Å². The highest BCUT2D eigenvalue weighted by Crippen LogP contribution is 2.41. The van der Waals surface area contributed by atoms with Gasteiger partial charge in [-0.15, -0.1) is 0 Å². The molecular weight excluding hydrogens is 490 g/mol. The van der Waals surface area contributed by atoms with Crippen LogP contribution < -0.4 is 20.7 Å². The van der Waals surface area contributed by atoms with E-state index in [1.165, 1.54) is 6.20 Å². The fourth-order valence-corrected chi connectivity index (χ4v) is 4.96. The molecular formula is C31H31N5O3. The van der Waals surface area contributed by atoms with Gasteiger partial charge < -0.3 is 20.7 Å². The highest BCUT2D eigenvalue weighted by molar-refractivity contribution is 6.09. The number of nitrogens with zero attached hydrogens (tertiary/aromatic N) is 2. The van der Waals surface area contributed by atoms with Gasteiger partial charge in [-0.1, -0.05) is 48.0 Å². The van der Waals surface area contributed by atoms with Crippen molar-refractivity contribution in [2.24, 2.45) is 0 Å². The van der Waals surface area contributed by atoms with E-state index in [2.05, 4.69) is 21.0 Å². The van der Waals surface area contributed by atoms with Crippen LogP contribution in [0.1, 0.15) is 45.6 Å². The van der Waals surface area contributed by atoms with Gasteiger partial charge >= 0.3 is 0 Å². The number of benzene rings is 3. The van der Waals surface area contributed by atoms with Crippen molar-refractivity contribution in [1.82, 2.24) is 9.78 Å². The molecule has 1 unspecified atom stereocenters. The van der Waals surface area contributed by atoms with Crippen molar-refractivity contribution in [3.63, 3.8) is 0 Å². The molecule has 1 aliphatic rings. The van der Waals surface area contributed by atoms with Crippen LogP contribution in [-0.4, -0.2) is 28.7 Å². The molecule has 8 heteroatoms. The Morgan fingerprint density at radius 2 is 1.67 bits per heavy atom. The standard InChI is InChI=1S/C31H31N5O3/c1-18-9-8-10-22(16-18)34-30(37)24-17-32-36-28(23-11-6-7-12-26(23)39-5)27(21(4)33-29(24)36)31(38)35-25-14-13-19(2)15-20(25)3/h6-17,28,33H,1-5H3,(H,34,37)(H,35,38). The molecule has 0 aliphatic carbocycles. The van der Waals surface area contributed by atoms with E-state index in [1.807, 2.05) is 94.4 Å². The maximum Gasteiger partial charge on any atom is 0.261 e. The van der Waals surface area contributed by atoms with E-state index in [-0.39, 0.29) is 11.8 Å². The lowest BCUT2D eigenvalue weighted by Gasteiger charge is -2.31. The Kier molecular flexibility index (Phi) is 6.94. The molecule has 8 nitrogen and oxygen atoms in total. The number of methoxy groups -OCH3 is 1. The summed E-state index contributed by atoms with van der Waals surface area (Å²) in [5.74, 6) is 0.539. The third-order valence-corrected chi connectivity index (χ3v) is 6.85. The van der Waals surface area contributed by atoms with E-state index in [1.54, 1.807) is 11.8 Å². The number of aryl methyl sites for hydroxylation is 3. The predicted molar refractivity (Wildman–Crippen MR) is 153 cm³/mol. The second kappa shape index (κ2) is 10.5. The number of fused-ring (bicyclic) bond motifs is 1. The Morgan fingerprint density at radius 1 is 0.897 bits per heavy atom. The fraction of sp³-hybridized carbons (Fsp3) is 0.194. The molecule has 0 saturated carbocycles. The van der Waals surface area contributed by atoms with Crippen molar-refractivity contribution in [2.75, 3.05) is 23.1 Å². The third kappa shape index (κ3) is 5.01. The second-order valence-electron chi connectivity index (χ2n) is 9.76. The summed E-state index contributed by atoms with van der Waals surface area (Å²) in [6.45, 7) is 7.78. The summed E-state index contributed by atoms with van der Waals surface area (Å²) in [6, 6.07) is 20.4. The maximum atomic E-state index is 13.9. The van der Waals surface area contributed by atoms with Crippen molar-refractivity contribution in [3.8, 4) is 5.75 Å². The van der Waals surface area contributed by atoms with E-state index >= 15 is 0 Å². The van der Waals surface area contributed by atoms with Crippen LogP contribution in [0.15, 0.2) is 84.2 Å². The average molecular weight is 522 g/mol. The molecule has 2 amide bonds. The van der Waals surface area contributed by atoms with Crippen LogP contribution in [0.4, 0.5) is 17.2 Å². The molecule has 5 rings (SSSR count). The molecule has 0 fully saturated rings. The third-order valence-electron chi connectivity index (χ3n) is 6.85. The summed E-state index contributed by atoms with van der Waals surface area (Å²) in [6.07, 6.45) is 1.52. The quantitative estimate of drug-likeness (QED) is 0.289. The van der Waals surface area contributed by atoms with Gasteiger partial charge in [0.15, 0.2) is 0 Å². The first-order valence-corrected chi connectivity index (χ1v) is 12.7. The van der Waals surface area contributed by atoms with Gasteiger partial charge in [0.1, 0.15) is 23.2 Å². The highest BCUT2D eigenvalue weighted by atomic mass is 16.5. The molecule has 4 aromatic rings. The fourth-order valence-electron chi connectivity index (χ4n) is 4.96. The molecule has 0 saturated heterocycles. The number of allylic oxidation sites excluding steroid dienone is 1. The maximum absolute atomic E-state index is 13.9. The molecule has 0 spiro atoms. The summed E-state index contributed by atoms with van der Waals surface area (Å²) in [7, 11) is 1.59. The number of amides is 2. The number of carbonyl (C=O) groups excluding carboxylic acids is 2. The van der Waals surface area contributed by atoms with Gasteiger partial charge in [0.25, 0.3) is 11.8 Å². The van der Waals surface area contributed by atoms with Crippen LogP contribution in [0.3, 0.4) is 0 Å². The van der Waals surface area contributed by atoms with Gasteiger partial charge in [-0.25, -0.2) is 4.68 Å². The minimum absolute atomic E-state index is 0.269. The van der Waals surface area contributed by atoms with Crippen molar-refractivity contribution in [1.29, 1.82) is 0 Å². The van der Waals surface area contributed by atoms with Crippen LogP contribution in [0.5, 0.6) is 5.75 Å². The van der Waals surface area contributed by atoms with Gasteiger partial charge in [-0.3, -0.25) is 9.59 Å². The Labute approximate surface area is 227 Å². The number of aromatic nitrogens is 2. The summed E-state index contributed by atoms with van der Waals surface area (Å²) >= 11 is 0. The first kappa shape index (κ1) is 25.8. The van der Waals surface area contributed by atoms with Crippen LogP contribution in [0, 0.1) is 20.8 Å². The molecule has 0 radical (unpaired) electrons. The number of hydrogen-bond acceptors (Lipinski definition) is 5. The molecule has 1 aromatic heterocycles. The van der Waals surface area contributed by atoms with Gasteiger partial charge in [-0.2, -0.15) is 5.10 Å². The Balaban J connectivity index is 1.57. The topological polar surface area (TPSA) is 97.3 Å². The number of anilines is 3. The van der Waals surface area contributed by atoms with E-state index in [9.17, 15) is 9.59 Å². The molecule has 1 aliphatic heterocycles. The van der Waals surface area contributed by atoms with Crippen molar-refractivity contribution in [2.45, 2.75) is 33.7 Å². The molecule has 1 atom stereocenters. The second-order valence-corrected chi connectivity index (χ2v) is 9.76. The summed E-state index contributed by atoms with van der Waals surface area (Å²) in [5, 5.41) is 13.9. The predicted octanol–water partition coefficient (Wildman–Crippen LogP) is 6.00. The van der Waals surface area contributed by atoms with Gasteiger partial charge in [-0.05, 0) is 63.1 Å². The lowest BCUT2D eigenvalue weighted by Crippen LogP contribution is -2.32. The lowest BCUT2D eigenvalue weighted by molar-refractivity contribution is -0.113. The summed E-state index contributed by atoms with van der Waals surface area (Å²) in [5.41, 5.74) is 6.75. The van der Waals surface area contributed by atoms with Crippen molar-refractivity contribution < 1.29 is 14.3 Å². The zero-order chi connectivity index (χ0) is 27.7. The van der Waals surface area contributed by atoms with E-state index in [4.69, 9.17) is 4.74 Å². The molecule has 198 valence electrons. The Hall–Kier alpha value is -4.85. The normalized spacial score (nSPS) is 14.3. The minimum Gasteiger partial charge on any atom is -0.496 e. The number of para-hydroxylation sites is 1. The number of hydrogen-bond donors (Lipinski definition) is 3. The van der Waals surface area contributed by atoms with Crippen LogP contribution >= 0.6 is 0 Å². The van der Waals surface area contributed by atoms with Crippen LogP contribution in [-0.2, 0) is 4.79 Å². The monoisotopic (exact) mass is 521 g/mol. The van der Waals surface area contributed by atoms with Gasteiger partial charge in [0.2, 0.25) is 0 Å². The first-order valence-electron chi connectivity index (χ1n) is 12.7. The largest absolute Gasteiger partial charge is 0.496 e. The smallest absolute Gasteiger partial charge is 0.261 e. The van der Waals surface area contributed by atoms with E-state index in [0.717, 1.165) is 27.9 Å². The molecule has 0 bridgehead atoms. The molecule has 39 heavy (non-hydrogen) atoms. The number of nitrogens with one attached hydrogen (secondary N) is 3. The Morgan fingerprint density at radius 3 is 2.41 bits per heavy atom. The number of carbonyl (C=O) groups is 2. The zero-order valence-electron chi connectivity index (χ0n) is 22.6. The van der Waals surface area contributed by atoms with Crippen LogP contribution in [0.2, 0.25) is 0 Å². The molecule has 3 N–H and O–H groups in total. The van der Waals surface area contributed by atoms with Crippen molar-refractivity contribution >= 4 is 29.0 Å². The van der Waals surface area contributed by atoms with Gasteiger partial charge in [0, 0.05) is 22.6 Å². The SMILES string of the molecule is COc1ccccc1C1C(C(=O)Nc2ccc(C)cc2C)=C(C)Nc2c(C(=O)Nc3cccc(C)c3)cnn21. The summed E-state index contributed by atoms with van der Waals surface area (Å²) in [4.78, 5) is 27.2.